The summed E-state index contributed by atoms with van der Waals surface area (Å²) in [5.74, 6) is -1.09. The molecular formula is C18H19ClFN3O3S. The number of rotatable bonds is 5. The highest BCUT2D eigenvalue weighted by Gasteiger charge is 2.32. The lowest BCUT2D eigenvalue weighted by Crippen LogP contribution is -2.42. The Morgan fingerprint density at radius 2 is 2.00 bits per heavy atom. The Bertz CT molecular complexity index is 896. The van der Waals surface area contributed by atoms with Gasteiger partial charge in [0.05, 0.1) is 17.1 Å². The minimum Gasteiger partial charge on any atom is -0.350 e. The van der Waals surface area contributed by atoms with Gasteiger partial charge in [-0.1, -0.05) is 17.7 Å². The fourth-order valence-corrected chi connectivity index (χ4v) is 4.82. The second kappa shape index (κ2) is 8.33. The summed E-state index contributed by atoms with van der Waals surface area (Å²) in [5.41, 5.74) is 0.758. The Hall–Kier alpha value is -2.03. The summed E-state index contributed by atoms with van der Waals surface area (Å²) in [6, 6.07) is 8.70. The highest BCUT2D eigenvalue weighted by atomic mass is 35.5. The Labute approximate surface area is 162 Å². The predicted octanol–water partition coefficient (Wildman–Crippen LogP) is 2.59. The number of sulfonamides is 1. The molecule has 0 radical (unpaired) electrons. The van der Waals surface area contributed by atoms with Crippen LogP contribution in [0.5, 0.6) is 0 Å². The molecule has 0 spiro atoms. The maximum Gasteiger partial charge on any atom is 0.243 e. The second-order valence-corrected chi connectivity index (χ2v) is 8.70. The minimum absolute atomic E-state index is 0.0253. The van der Waals surface area contributed by atoms with Gasteiger partial charge in [0.2, 0.25) is 15.9 Å². The SMILES string of the molecule is O=C(NCc1ccccn1)C1CCN(S(=O)(=O)c2cc(F)cc(Cl)c2)CC1. The number of carbonyl (C=O) groups excluding carboxylic acids is 1. The molecule has 1 saturated heterocycles. The van der Waals surface area contributed by atoms with E-state index < -0.39 is 15.8 Å². The van der Waals surface area contributed by atoms with E-state index in [4.69, 9.17) is 11.6 Å². The molecule has 3 rings (SSSR count). The number of piperidine rings is 1. The normalized spacial score (nSPS) is 16.2. The van der Waals surface area contributed by atoms with Crippen LogP contribution in [0.15, 0.2) is 47.5 Å². The summed E-state index contributed by atoms with van der Waals surface area (Å²) in [5, 5.41) is 2.86. The van der Waals surface area contributed by atoms with Gasteiger partial charge in [-0.15, -0.1) is 0 Å². The smallest absolute Gasteiger partial charge is 0.243 e. The molecule has 1 fully saturated rings. The Morgan fingerprint density at radius 3 is 2.63 bits per heavy atom. The summed E-state index contributed by atoms with van der Waals surface area (Å²) in [6.45, 7) is 0.719. The number of nitrogens with one attached hydrogen (secondary N) is 1. The molecule has 1 aromatic heterocycles. The van der Waals surface area contributed by atoms with Crippen LogP contribution in [0.1, 0.15) is 18.5 Å². The maximum absolute atomic E-state index is 13.5. The highest BCUT2D eigenvalue weighted by molar-refractivity contribution is 7.89. The van der Waals surface area contributed by atoms with Gasteiger partial charge >= 0.3 is 0 Å². The van der Waals surface area contributed by atoms with E-state index in [-0.39, 0.29) is 34.8 Å². The van der Waals surface area contributed by atoms with Crippen LogP contribution in [0, 0.1) is 11.7 Å². The van der Waals surface area contributed by atoms with E-state index in [1.54, 1.807) is 12.3 Å². The van der Waals surface area contributed by atoms with Gasteiger partial charge in [-0.25, -0.2) is 12.8 Å². The Kier molecular flexibility index (Phi) is 6.08. The van der Waals surface area contributed by atoms with E-state index in [1.807, 2.05) is 12.1 Å². The van der Waals surface area contributed by atoms with Crippen molar-refractivity contribution in [2.75, 3.05) is 13.1 Å². The summed E-state index contributed by atoms with van der Waals surface area (Å²) in [7, 11) is -3.84. The molecule has 2 aromatic rings. The average Bonchev–Trinajstić information content (AvgIpc) is 2.66. The standard InChI is InChI=1S/C18H19ClFN3O3S/c19-14-9-15(20)11-17(10-14)27(25,26)23-7-4-13(5-8-23)18(24)22-12-16-3-1-2-6-21-16/h1-3,6,9-11,13H,4-5,7-8,12H2,(H,22,24). The molecule has 1 N–H and O–H groups in total. The van der Waals surface area contributed by atoms with Gasteiger partial charge in [0.1, 0.15) is 5.82 Å². The maximum atomic E-state index is 13.5. The first kappa shape index (κ1) is 19.7. The van der Waals surface area contributed by atoms with Gasteiger partial charge in [0.25, 0.3) is 0 Å². The lowest BCUT2D eigenvalue weighted by atomic mass is 9.97. The number of halogens is 2. The molecule has 1 amide bonds. The molecule has 9 heteroatoms. The highest BCUT2D eigenvalue weighted by Crippen LogP contribution is 2.26. The van der Waals surface area contributed by atoms with Crippen molar-refractivity contribution in [1.82, 2.24) is 14.6 Å². The Morgan fingerprint density at radius 1 is 1.26 bits per heavy atom. The van der Waals surface area contributed by atoms with Crippen LogP contribution in [0.25, 0.3) is 0 Å². The van der Waals surface area contributed by atoms with Crippen LogP contribution in [0.2, 0.25) is 5.02 Å². The van der Waals surface area contributed by atoms with Crippen LogP contribution in [0.4, 0.5) is 4.39 Å². The predicted molar refractivity (Wildman–Crippen MR) is 99.0 cm³/mol. The van der Waals surface area contributed by atoms with Crippen molar-refractivity contribution < 1.29 is 17.6 Å². The van der Waals surface area contributed by atoms with E-state index in [0.29, 0.717) is 19.4 Å². The van der Waals surface area contributed by atoms with Gasteiger partial charge in [-0.3, -0.25) is 9.78 Å². The zero-order chi connectivity index (χ0) is 19.4. The molecule has 1 aromatic carbocycles. The van der Waals surface area contributed by atoms with E-state index in [9.17, 15) is 17.6 Å². The third kappa shape index (κ3) is 4.82. The number of amides is 1. The average molecular weight is 412 g/mol. The first-order chi connectivity index (χ1) is 12.9. The van der Waals surface area contributed by atoms with Crippen molar-refractivity contribution in [2.45, 2.75) is 24.3 Å². The van der Waals surface area contributed by atoms with Crippen LogP contribution in [-0.4, -0.2) is 36.7 Å². The van der Waals surface area contributed by atoms with E-state index in [2.05, 4.69) is 10.3 Å². The zero-order valence-electron chi connectivity index (χ0n) is 14.4. The van der Waals surface area contributed by atoms with Gasteiger partial charge < -0.3 is 5.32 Å². The molecule has 27 heavy (non-hydrogen) atoms. The molecule has 1 aliphatic heterocycles. The monoisotopic (exact) mass is 411 g/mol. The van der Waals surface area contributed by atoms with Gasteiger partial charge in [-0.05, 0) is 43.2 Å². The van der Waals surface area contributed by atoms with Crippen LogP contribution >= 0.6 is 11.6 Å². The summed E-state index contributed by atoms with van der Waals surface area (Å²) < 4.78 is 40.1. The molecule has 1 aliphatic rings. The Balaban J connectivity index is 1.58. The van der Waals surface area contributed by atoms with Crippen molar-refractivity contribution in [3.63, 3.8) is 0 Å². The second-order valence-electron chi connectivity index (χ2n) is 6.32. The van der Waals surface area contributed by atoms with Gasteiger partial charge in [0, 0.05) is 30.2 Å². The van der Waals surface area contributed by atoms with Crippen LogP contribution < -0.4 is 5.32 Å². The van der Waals surface area contributed by atoms with E-state index >= 15 is 0 Å². The van der Waals surface area contributed by atoms with E-state index in [0.717, 1.165) is 17.8 Å². The summed E-state index contributed by atoms with van der Waals surface area (Å²) in [4.78, 5) is 16.3. The van der Waals surface area contributed by atoms with Crippen molar-refractivity contribution in [1.29, 1.82) is 0 Å². The minimum atomic E-state index is -3.84. The first-order valence-corrected chi connectivity index (χ1v) is 10.3. The van der Waals surface area contributed by atoms with Crippen molar-refractivity contribution in [2.24, 2.45) is 5.92 Å². The van der Waals surface area contributed by atoms with Crippen LogP contribution in [0.3, 0.4) is 0 Å². The zero-order valence-corrected chi connectivity index (χ0v) is 16.0. The van der Waals surface area contributed by atoms with Crippen molar-refractivity contribution >= 4 is 27.5 Å². The number of hydrogen-bond donors (Lipinski definition) is 1. The fourth-order valence-electron chi connectivity index (χ4n) is 3.01. The lowest BCUT2D eigenvalue weighted by molar-refractivity contribution is -0.126. The summed E-state index contributed by atoms with van der Waals surface area (Å²) in [6.07, 6.45) is 2.45. The molecule has 0 bridgehead atoms. The molecule has 0 aliphatic carbocycles. The van der Waals surface area contributed by atoms with Crippen LogP contribution in [-0.2, 0) is 21.4 Å². The van der Waals surface area contributed by atoms with Crippen molar-refractivity contribution in [3.8, 4) is 0 Å². The number of carbonyl (C=O) groups is 1. The number of pyridine rings is 1. The van der Waals surface area contributed by atoms with Gasteiger partial charge in [-0.2, -0.15) is 4.31 Å². The molecule has 0 saturated carbocycles. The first-order valence-electron chi connectivity index (χ1n) is 8.50. The third-order valence-electron chi connectivity index (χ3n) is 4.47. The largest absolute Gasteiger partial charge is 0.350 e. The van der Waals surface area contributed by atoms with Gasteiger partial charge in [0.15, 0.2) is 0 Å². The number of aromatic nitrogens is 1. The van der Waals surface area contributed by atoms with Crippen molar-refractivity contribution in [3.05, 3.63) is 59.1 Å². The number of hydrogen-bond acceptors (Lipinski definition) is 4. The number of nitrogens with zero attached hydrogens (tertiary/aromatic N) is 2. The third-order valence-corrected chi connectivity index (χ3v) is 6.56. The molecule has 6 nitrogen and oxygen atoms in total. The molecule has 0 unspecified atom stereocenters. The quantitative estimate of drug-likeness (QED) is 0.820. The molecule has 144 valence electrons. The molecular weight excluding hydrogens is 393 g/mol. The fraction of sp³-hybridized carbons (Fsp3) is 0.333. The van der Waals surface area contributed by atoms with E-state index in [1.165, 1.54) is 10.4 Å². The lowest BCUT2D eigenvalue weighted by Gasteiger charge is -2.30. The molecule has 2 heterocycles. The number of benzene rings is 1. The summed E-state index contributed by atoms with van der Waals surface area (Å²) >= 11 is 5.76. The molecule has 0 atom stereocenters. The topological polar surface area (TPSA) is 79.4 Å².